The number of nitrogens with two attached hydrogens (primary N) is 1. The van der Waals surface area contributed by atoms with Crippen LogP contribution in [0.4, 0.5) is 14.5 Å². The first-order valence-corrected chi connectivity index (χ1v) is 7.73. The first kappa shape index (κ1) is 16.3. The van der Waals surface area contributed by atoms with Crippen molar-refractivity contribution < 1.29 is 18.7 Å². The average Bonchev–Trinajstić information content (AvgIpc) is 2.87. The molecule has 0 radical (unpaired) electrons. The number of aliphatic hydroxyl groups excluding tert-OH is 1. The Bertz CT molecular complexity index is 553. The monoisotopic (exact) mass is 329 g/mol. The molecule has 1 aromatic heterocycles. The van der Waals surface area contributed by atoms with Gasteiger partial charge in [0.2, 0.25) is 0 Å². The van der Waals surface area contributed by atoms with Crippen LogP contribution in [0.25, 0.3) is 0 Å². The standard InChI is InChI=1S/C14H21F2N5O2/c15-14(16)13-11(17)7-21(18-13)10-5-20(6-10)9-1-3-19(4-2-9)12(23)8-22/h7-10,12,14,23H,1-6,17H2. The zero-order chi connectivity index (χ0) is 16.6. The van der Waals surface area contributed by atoms with Gasteiger partial charge in [0, 0.05) is 38.4 Å². The number of carbonyl (C=O) groups excluding carboxylic acids is 1. The summed E-state index contributed by atoms with van der Waals surface area (Å²) >= 11 is 0. The summed E-state index contributed by atoms with van der Waals surface area (Å²) in [5, 5.41) is 13.4. The fraction of sp³-hybridized carbons (Fsp3) is 0.714. The Morgan fingerprint density at radius 1 is 1.30 bits per heavy atom. The van der Waals surface area contributed by atoms with E-state index in [0.717, 1.165) is 25.9 Å². The van der Waals surface area contributed by atoms with E-state index in [9.17, 15) is 18.7 Å². The van der Waals surface area contributed by atoms with Crippen LogP contribution in [0.1, 0.15) is 31.0 Å². The number of aldehydes is 1. The highest BCUT2D eigenvalue weighted by molar-refractivity contribution is 5.54. The van der Waals surface area contributed by atoms with Crippen LogP contribution in [-0.2, 0) is 4.79 Å². The summed E-state index contributed by atoms with van der Waals surface area (Å²) in [6.45, 7) is 2.86. The number of halogens is 2. The van der Waals surface area contributed by atoms with Crippen molar-refractivity contribution in [2.75, 3.05) is 31.9 Å². The number of aliphatic hydroxyl groups is 1. The summed E-state index contributed by atoms with van der Waals surface area (Å²) in [4.78, 5) is 14.6. The van der Waals surface area contributed by atoms with Crippen molar-refractivity contribution in [2.24, 2.45) is 0 Å². The minimum atomic E-state index is -2.65. The lowest BCUT2D eigenvalue weighted by molar-refractivity contribution is -0.126. The molecule has 1 unspecified atom stereocenters. The van der Waals surface area contributed by atoms with Gasteiger partial charge < -0.3 is 10.8 Å². The van der Waals surface area contributed by atoms with E-state index in [-0.39, 0.29) is 17.4 Å². The normalized spacial score (nSPS) is 23.1. The fourth-order valence-corrected chi connectivity index (χ4v) is 3.33. The number of nitrogen functional groups attached to an aromatic ring is 1. The maximum absolute atomic E-state index is 12.7. The van der Waals surface area contributed by atoms with Gasteiger partial charge in [0.05, 0.1) is 11.7 Å². The van der Waals surface area contributed by atoms with Gasteiger partial charge in [-0.1, -0.05) is 0 Å². The third-order valence-electron chi connectivity index (χ3n) is 4.77. The summed E-state index contributed by atoms with van der Waals surface area (Å²) in [5.74, 6) is 0. The van der Waals surface area contributed by atoms with Crippen LogP contribution in [0.15, 0.2) is 6.20 Å². The number of hydrogen-bond donors (Lipinski definition) is 2. The van der Waals surface area contributed by atoms with Gasteiger partial charge in [0.1, 0.15) is 0 Å². The number of piperidine rings is 1. The van der Waals surface area contributed by atoms with Crippen molar-refractivity contribution in [3.63, 3.8) is 0 Å². The second-order valence-corrected chi connectivity index (χ2v) is 6.17. The number of carbonyl (C=O) groups is 1. The number of alkyl halides is 2. The molecule has 2 saturated heterocycles. The van der Waals surface area contributed by atoms with Crippen LogP contribution in [0, 0.1) is 0 Å². The lowest BCUT2D eigenvalue weighted by atomic mass is 9.97. The molecule has 2 aliphatic heterocycles. The van der Waals surface area contributed by atoms with E-state index in [0.29, 0.717) is 25.4 Å². The number of anilines is 1. The summed E-state index contributed by atoms with van der Waals surface area (Å²) < 4.78 is 27.0. The molecule has 1 atom stereocenters. The molecule has 7 nitrogen and oxygen atoms in total. The van der Waals surface area contributed by atoms with Crippen molar-refractivity contribution in [1.29, 1.82) is 0 Å². The van der Waals surface area contributed by atoms with Crippen molar-refractivity contribution in [1.82, 2.24) is 19.6 Å². The van der Waals surface area contributed by atoms with E-state index in [4.69, 9.17) is 5.73 Å². The van der Waals surface area contributed by atoms with E-state index in [1.807, 2.05) is 0 Å². The molecule has 3 heterocycles. The summed E-state index contributed by atoms with van der Waals surface area (Å²) in [5.41, 5.74) is 5.25. The molecule has 1 aromatic rings. The molecule has 0 bridgehead atoms. The van der Waals surface area contributed by atoms with Gasteiger partial charge in [-0.05, 0) is 12.8 Å². The maximum Gasteiger partial charge on any atom is 0.284 e. The number of hydrogen-bond acceptors (Lipinski definition) is 6. The second-order valence-electron chi connectivity index (χ2n) is 6.17. The molecule has 3 N–H and O–H groups in total. The molecule has 23 heavy (non-hydrogen) atoms. The Hall–Kier alpha value is -1.58. The largest absolute Gasteiger partial charge is 0.396 e. The van der Waals surface area contributed by atoms with Gasteiger partial charge in [-0.3, -0.25) is 19.3 Å². The van der Waals surface area contributed by atoms with Crippen LogP contribution in [0.2, 0.25) is 0 Å². The summed E-state index contributed by atoms with van der Waals surface area (Å²) in [7, 11) is 0. The zero-order valence-electron chi connectivity index (χ0n) is 12.7. The Kier molecular flexibility index (Phi) is 4.60. The Morgan fingerprint density at radius 2 is 1.96 bits per heavy atom. The van der Waals surface area contributed by atoms with E-state index in [1.165, 1.54) is 6.20 Å². The lowest BCUT2D eigenvalue weighted by Crippen LogP contribution is -2.56. The Balaban J connectivity index is 1.50. The molecule has 3 rings (SSSR count). The minimum absolute atomic E-state index is 0.0367. The molecule has 2 aliphatic rings. The van der Waals surface area contributed by atoms with Crippen molar-refractivity contribution in [2.45, 2.75) is 37.6 Å². The molecule has 0 aromatic carbocycles. The topological polar surface area (TPSA) is 87.6 Å². The van der Waals surface area contributed by atoms with Gasteiger partial charge in [-0.25, -0.2) is 8.78 Å². The van der Waals surface area contributed by atoms with Crippen LogP contribution in [0.3, 0.4) is 0 Å². The van der Waals surface area contributed by atoms with Crippen LogP contribution >= 0.6 is 0 Å². The number of likely N-dealkylation sites (tertiary alicyclic amines) is 2. The van der Waals surface area contributed by atoms with Crippen molar-refractivity contribution in [3.05, 3.63) is 11.9 Å². The highest BCUT2D eigenvalue weighted by Crippen LogP contribution is 2.30. The molecule has 9 heteroatoms. The maximum atomic E-state index is 12.7. The van der Waals surface area contributed by atoms with Crippen LogP contribution < -0.4 is 5.73 Å². The Labute approximate surface area is 132 Å². The zero-order valence-corrected chi connectivity index (χ0v) is 12.7. The molecule has 0 aliphatic carbocycles. The van der Waals surface area contributed by atoms with Gasteiger partial charge in [-0.2, -0.15) is 5.10 Å². The molecule has 128 valence electrons. The van der Waals surface area contributed by atoms with Gasteiger partial charge in [0.25, 0.3) is 6.43 Å². The van der Waals surface area contributed by atoms with Gasteiger partial charge in [0.15, 0.2) is 18.2 Å². The average molecular weight is 329 g/mol. The van der Waals surface area contributed by atoms with Gasteiger partial charge in [-0.15, -0.1) is 0 Å². The highest BCUT2D eigenvalue weighted by atomic mass is 19.3. The number of nitrogens with zero attached hydrogens (tertiary/aromatic N) is 4. The minimum Gasteiger partial charge on any atom is -0.396 e. The van der Waals surface area contributed by atoms with E-state index in [1.54, 1.807) is 9.58 Å². The summed E-state index contributed by atoms with van der Waals surface area (Å²) in [6.07, 6.45) is 0.110. The number of rotatable bonds is 5. The van der Waals surface area contributed by atoms with Crippen molar-refractivity contribution >= 4 is 12.0 Å². The first-order chi connectivity index (χ1) is 11.0. The molecular formula is C14H21F2N5O2. The highest BCUT2D eigenvalue weighted by Gasteiger charge is 2.36. The quantitative estimate of drug-likeness (QED) is 0.753. The third-order valence-corrected chi connectivity index (χ3v) is 4.77. The van der Waals surface area contributed by atoms with Crippen molar-refractivity contribution in [3.8, 4) is 0 Å². The van der Waals surface area contributed by atoms with E-state index < -0.39 is 12.7 Å². The Morgan fingerprint density at radius 3 is 2.48 bits per heavy atom. The lowest BCUT2D eigenvalue weighted by Gasteiger charge is -2.47. The van der Waals surface area contributed by atoms with E-state index in [2.05, 4.69) is 10.00 Å². The molecule has 0 spiro atoms. The predicted octanol–water partition coefficient (Wildman–Crippen LogP) is 0.241. The molecule has 0 saturated carbocycles. The van der Waals surface area contributed by atoms with Crippen LogP contribution in [-0.4, -0.2) is 69.4 Å². The van der Waals surface area contributed by atoms with Crippen LogP contribution in [0.5, 0.6) is 0 Å². The van der Waals surface area contributed by atoms with Gasteiger partial charge >= 0.3 is 0 Å². The first-order valence-electron chi connectivity index (χ1n) is 7.73. The summed E-state index contributed by atoms with van der Waals surface area (Å²) in [6, 6.07) is 0.465. The second kappa shape index (κ2) is 6.50. The predicted molar refractivity (Wildman–Crippen MR) is 78.9 cm³/mol. The third kappa shape index (κ3) is 3.22. The molecule has 2 fully saturated rings. The number of aromatic nitrogens is 2. The molecule has 0 amide bonds. The molecular weight excluding hydrogens is 308 g/mol. The van der Waals surface area contributed by atoms with E-state index >= 15 is 0 Å². The fourth-order valence-electron chi connectivity index (χ4n) is 3.33. The smallest absolute Gasteiger partial charge is 0.284 e. The SMILES string of the molecule is Nc1cn(C2CN(C3CCN(C(O)C=O)CC3)C2)nc1C(F)F.